The van der Waals surface area contributed by atoms with Crippen LogP contribution in [0.2, 0.25) is 0 Å². The van der Waals surface area contributed by atoms with E-state index < -0.39 is 66.3 Å². The average Bonchev–Trinajstić information content (AvgIpc) is 3.83. The molecule has 6 rings (SSSR count). The predicted octanol–water partition coefficient (Wildman–Crippen LogP) is 6.03. The van der Waals surface area contributed by atoms with E-state index in [0.29, 0.717) is 36.1 Å². The molecule has 10 nitrogen and oxygen atoms in total. The van der Waals surface area contributed by atoms with Gasteiger partial charge in [0.1, 0.15) is 17.7 Å². The minimum atomic E-state index is -1.35. The molecule has 0 aromatic heterocycles. The van der Waals surface area contributed by atoms with Gasteiger partial charge in [0, 0.05) is 25.7 Å². The zero-order valence-electron chi connectivity index (χ0n) is 31.6. The summed E-state index contributed by atoms with van der Waals surface area (Å²) in [4.78, 5) is 62.8. The fourth-order valence-electron chi connectivity index (χ4n) is 8.72. The van der Waals surface area contributed by atoms with Gasteiger partial charge in [0.25, 0.3) is 5.91 Å². The highest BCUT2D eigenvalue weighted by Gasteiger charge is 2.76. The lowest BCUT2D eigenvalue weighted by atomic mass is 9.70. The number of esters is 1. The predicted molar refractivity (Wildman–Crippen MR) is 206 cm³/mol. The van der Waals surface area contributed by atoms with Crippen molar-refractivity contribution >= 4 is 29.4 Å². The Labute approximate surface area is 318 Å². The van der Waals surface area contributed by atoms with Crippen LogP contribution in [0.25, 0.3) is 0 Å². The smallest absolute Gasteiger partial charge is 0.313 e. The zero-order chi connectivity index (χ0) is 38.7. The van der Waals surface area contributed by atoms with Crippen LogP contribution < -0.4 is 4.90 Å². The van der Waals surface area contributed by atoms with Crippen LogP contribution in [0.3, 0.4) is 0 Å². The van der Waals surface area contributed by atoms with Crippen molar-refractivity contribution in [3.05, 3.63) is 126 Å². The van der Waals surface area contributed by atoms with Gasteiger partial charge in [0.15, 0.2) is 0 Å². The monoisotopic (exact) mass is 733 g/mol. The summed E-state index contributed by atoms with van der Waals surface area (Å²) in [5.74, 6) is -3.62. The molecular weight excluding hydrogens is 682 g/mol. The summed E-state index contributed by atoms with van der Waals surface area (Å²) in [6.45, 7) is 13.1. The molecule has 54 heavy (non-hydrogen) atoms. The normalized spacial score (nSPS) is 24.3. The summed E-state index contributed by atoms with van der Waals surface area (Å²) in [6, 6.07) is 21.6. The maximum absolute atomic E-state index is 15.2. The lowest BCUT2D eigenvalue weighted by molar-refractivity contribution is -0.165. The Morgan fingerprint density at radius 1 is 1.02 bits per heavy atom. The van der Waals surface area contributed by atoms with E-state index in [2.05, 4.69) is 13.2 Å². The van der Waals surface area contributed by atoms with Crippen molar-refractivity contribution in [2.75, 3.05) is 25.1 Å². The van der Waals surface area contributed by atoms with Gasteiger partial charge in [-0.1, -0.05) is 84.9 Å². The van der Waals surface area contributed by atoms with Gasteiger partial charge in [0.05, 0.1) is 36.6 Å². The zero-order valence-corrected chi connectivity index (χ0v) is 31.6. The van der Waals surface area contributed by atoms with Crippen LogP contribution in [0.1, 0.15) is 67.0 Å². The van der Waals surface area contributed by atoms with E-state index in [4.69, 9.17) is 9.47 Å². The van der Waals surface area contributed by atoms with Gasteiger partial charge in [-0.25, -0.2) is 0 Å². The number of hydrogen-bond donors (Lipinski definition) is 1. The second-order valence-corrected chi connectivity index (χ2v) is 14.8. The summed E-state index contributed by atoms with van der Waals surface area (Å²) in [7, 11) is 1.69. The molecule has 0 saturated carbocycles. The number of fused-ring (bicyclic) bond motifs is 1. The van der Waals surface area contributed by atoms with E-state index in [1.807, 2.05) is 99.6 Å². The number of hydrogen-bond acceptors (Lipinski definition) is 7. The molecular formula is C44H51N3O7. The average molecular weight is 734 g/mol. The minimum absolute atomic E-state index is 0.117. The van der Waals surface area contributed by atoms with E-state index in [1.165, 1.54) is 4.90 Å². The van der Waals surface area contributed by atoms with Gasteiger partial charge < -0.3 is 29.3 Å². The van der Waals surface area contributed by atoms with Gasteiger partial charge in [-0.2, -0.15) is 0 Å². The largest absolute Gasteiger partial charge is 0.455 e. The van der Waals surface area contributed by atoms with Crippen LogP contribution in [0, 0.1) is 25.7 Å². The third-order valence-corrected chi connectivity index (χ3v) is 11.5. The third kappa shape index (κ3) is 6.89. The van der Waals surface area contributed by atoms with Crippen LogP contribution in [0.4, 0.5) is 5.69 Å². The minimum Gasteiger partial charge on any atom is -0.455 e. The molecule has 3 aromatic rings. The maximum Gasteiger partial charge on any atom is 0.313 e. The quantitative estimate of drug-likeness (QED) is 0.150. The second kappa shape index (κ2) is 16.1. The number of anilines is 1. The fourth-order valence-corrected chi connectivity index (χ4v) is 8.72. The molecule has 3 aliphatic heterocycles. The number of rotatable bonds is 15. The highest BCUT2D eigenvalue weighted by atomic mass is 16.6. The Kier molecular flexibility index (Phi) is 11.5. The number of allylic oxidation sites excluding steroid dienone is 1. The van der Waals surface area contributed by atoms with Gasteiger partial charge in [-0.3, -0.25) is 19.2 Å². The molecule has 0 unspecified atom stereocenters. The van der Waals surface area contributed by atoms with E-state index in [-0.39, 0.29) is 24.8 Å². The SMILES string of the molecule is C=CCCC(=O)N(C)[C@@H](C)[C@@H](OC(=O)[C@@H]1[C@H]2C(=O)N([C@H](CO)c3ccccc3)[C@H](C(=O)N(CC=C)c3cc(C)ccc3C)[C@]23CC[C@H]1O3)c1ccccc1. The topological polar surface area (TPSA) is 117 Å². The highest BCUT2D eigenvalue weighted by Crippen LogP contribution is 2.60. The van der Waals surface area contributed by atoms with Crippen molar-refractivity contribution in [3.63, 3.8) is 0 Å². The molecule has 3 amide bonds. The summed E-state index contributed by atoms with van der Waals surface area (Å²) in [5.41, 5.74) is 2.51. The number of amides is 3. The number of aliphatic hydroxyl groups excluding tert-OH is 1. The lowest BCUT2D eigenvalue weighted by Crippen LogP contribution is -2.57. The molecule has 8 atom stereocenters. The number of likely N-dealkylation sites (tertiary alicyclic amines) is 1. The Balaban J connectivity index is 1.41. The van der Waals surface area contributed by atoms with Gasteiger partial charge in [-0.15, -0.1) is 13.2 Å². The first-order chi connectivity index (χ1) is 26.0. The summed E-state index contributed by atoms with van der Waals surface area (Å²) in [6.07, 6.45) is 3.40. The van der Waals surface area contributed by atoms with Crippen molar-refractivity contribution in [2.24, 2.45) is 11.8 Å². The van der Waals surface area contributed by atoms with Crippen LogP contribution in [-0.4, -0.2) is 82.6 Å². The Morgan fingerprint density at radius 2 is 1.69 bits per heavy atom. The highest BCUT2D eigenvalue weighted by molar-refractivity contribution is 6.05. The van der Waals surface area contributed by atoms with Crippen LogP contribution in [0.15, 0.2) is 104 Å². The standard InChI is InChI=1S/C44H51N3O7/c1-7-9-20-36(49)45(6)30(5)39(32-18-14-11-15-19-32)53-43(52)37-35-23-24-44(54-35)38(37)41(50)47(34(27-48)31-16-12-10-13-17-31)40(44)42(51)46(25-8-2)33-26-28(3)21-22-29(33)4/h7-8,10-19,21-22,26,30,34-35,37-40,48H,1-2,9,20,23-25,27H2,3-6H3/t30-,34+,35+,37-,38-,39+,40+,44-/m0/s1. The number of carbonyl (C=O) groups is 4. The molecule has 3 heterocycles. The van der Waals surface area contributed by atoms with Crippen molar-refractivity contribution in [1.82, 2.24) is 9.80 Å². The molecule has 3 aliphatic rings. The lowest BCUT2D eigenvalue weighted by Gasteiger charge is -2.39. The Bertz CT molecular complexity index is 1880. The number of aliphatic hydroxyl groups is 1. The van der Waals surface area contributed by atoms with Crippen LogP contribution in [0.5, 0.6) is 0 Å². The van der Waals surface area contributed by atoms with Crippen LogP contribution >= 0.6 is 0 Å². The van der Waals surface area contributed by atoms with Gasteiger partial charge >= 0.3 is 5.97 Å². The number of likely N-dealkylation sites (N-methyl/N-ethyl adjacent to an activating group) is 1. The Hall–Kier alpha value is -5.06. The van der Waals surface area contributed by atoms with Crippen molar-refractivity contribution in [3.8, 4) is 0 Å². The second-order valence-electron chi connectivity index (χ2n) is 14.8. The third-order valence-electron chi connectivity index (χ3n) is 11.5. The summed E-state index contributed by atoms with van der Waals surface area (Å²) < 4.78 is 13.2. The fraction of sp³-hybridized carbons (Fsp3) is 0.409. The molecule has 1 spiro atoms. The summed E-state index contributed by atoms with van der Waals surface area (Å²) in [5, 5.41) is 11.0. The van der Waals surface area contributed by atoms with Crippen molar-refractivity contribution in [1.29, 1.82) is 0 Å². The molecule has 3 aromatic carbocycles. The first-order valence-corrected chi connectivity index (χ1v) is 18.8. The number of nitrogens with zero attached hydrogens (tertiary/aromatic N) is 3. The molecule has 2 bridgehead atoms. The number of aryl methyl sites for hydroxylation is 2. The number of ether oxygens (including phenoxy) is 2. The summed E-state index contributed by atoms with van der Waals surface area (Å²) >= 11 is 0. The number of benzene rings is 3. The molecule has 0 aliphatic carbocycles. The number of carbonyl (C=O) groups excluding carboxylic acids is 4. The molecule has 0 radical (unpaired) electrons. The van der Waals surface area contributed by atoms with Crippen molar-refractivity contribution < 1.29 is 33.8 Å². The van der Waals surface area contributed by atoms with E-state index in [0.717, 1.165) is 11.1 Å². The maximum atomic E-state index is 15.2. The van der Waals surface area contributed by atoms with E-state index in [1.54, 1.807) is 29.0 Å². The van der Waals surface area contributed by atoms with Gasteiger partial charge in [-0.05, 0) is 68.4 Å². The first kappa shape index (κ1) is 38.7. The molecule has 1 N–H and O–H groups in total. The van der Waals surface area contributed by atoms with E-state index >= 15 is 9.59 Å². The molecule has 10 heteroatoms. The van der Waals surface area contributed by atoms with E-state index in [9.17, 15) is 14.7 Å². The Morgan fingerprint density at radius 3 is 2.31 bits per heavy atom. The first-order valence-electron chi connectivity index (χ1n) is 18.8. The molecule has 3 fully saturated rings. The van der Waals surface area contributed by atoms with Crippen molar-refractivity contribution in [2.45, 2.75) is 82.4 Å². The van der Waals surface area contributed by atoms with Crippen LogP contribution in [-0.2, 0) is 28.7 Å². The molecule has 284 valence electrons. The van der Waals surface area contributed by atoms with Gasteiger partial charge in [0.2, 0.25) is 11.8 Å². The molecule has 3 saturated heterocycles.